The Hall–Kier alpha value is -2.72. The van der Waals surface area contributed by atoms with E-state index in [0.29, 0.717) is 56.7 Å². The standard InChI is InChI=1S/C31H46FN3O5/c1-22(2)28(36)27(20-33-3)34-30(37)35-18-11-12-23(21-35)31(38,17-8-9-19-39-4)25-15-10-16-26(32)29(25)40-24-13-6-5-7-14-24/h5-7,10,13-16,22-23,27-28,33,36,38H,8-9,11-12,17-21H2,1-4H3,(H,34,37)/t23?,27-,28+,31+/m1/s1. The van der Waals surface area contributed by atoms with Gasteiger partial charge in [-0.25, -0.2) is 9.18 Å². The topological polar surface area (TPSA) is 103 Å². The Morgan fingerprint density at radius 1 is 1.18 bits per heavy atom. The summed E-state index contributed by atoms with van der Waals surface area (Å²) in [5.41, 5.74) is -1.06. The summed E-state index contributed by atoms with van der Waals surface area (Å²) in [4.78, 5) is 15.1. The number of hydrogen-bond donors (Lipinski definition) is 4. The van der Waals surface area contributed by atoms with E-state index < -0.39 is 23.6 Å². The van der Waals surface area contributed by atoms with Gasteiger partial charge in [0, 0.05) is 44.8 Å². The zero-order chi connectivity index (χ0) is 29.1. The molecule has 0 radical (unpaired) electrons. The van der Waals surface area contributed by atoms with Gasteiger partial charge in [0.05, 0.1) is 17.7 Å². The van der Waals surface area contributed by atoms with Gasteiger partial charge in [0.25, 0.3) is 0 Å². The Balaban J connectivity index is 1.90. The fourth-order valence-corrected chi connectivity index (χ4v) is 5.50. The molecule has 0 aromatic heterocycles. The molecular weight excluding hydrogens is 513 g/mol. The van der Waals surface area contributed by atoms with E-state index in [-0.39, 0.29) is 30.2 Å². The summed E-state index contributed by atoms with van der Waals surface area (Å²) in [7, 11) is 3.42. The van der Waals surface area contributed by atoms with Crippen LogP contribution in [0.4, 0.5) is 9.18 Å². The number of methoxy groups -OCH3 is 1. The number of nitrogens with one attached hydrogen (secondary N) is 2. The molecule has 1 saturated heterocycles. The van der Waals surface area contributed by atoms with Crippen LogP contribution in [0.5, 0.6) is 11.5 Å². The van der Waals surface area contributed by atoms with E-state index in [2.05, 4.69) is 10.6 Å². The van der Waals surface area contributed by atoms with Crippen LogP contribution in [0, 0.1) is 17.7 Å². The van der Waals surface area contributed by atoms with E-state index in [4.69, 9.17) is 9.47 Å². The van der Waals surface area contributed by atoms with Crippen LogP contribution in [-0.2, 0) is 10.3 Å². The quantitative estimate of drug-likeness (QED) is 0.251. The number of piperidine rings is 1. The molecule has 2 aromatic rings. The first-order chi connectivity index (χ1) is 19.2. The van der Waals surface area contributed by atoms with Crippen LogP contribution in [0.2, 0.25) is 0 Å². The number of urea groups is 1. The number of unbranched alkanes of at least 4 members (excludes halogenated alkanes) is 1. The van der Waals surface area contributed by atoms with E-state index in [1.54, 1.807) is 43.3 Å². The third-order valence-electron chi connectivity index (χ3n) is 7.77. The Labute approximate surface area is 237 Å². The lowest BCUT2D eigenvalue weighted by atomic mass is 9.73. The van der Waals surface area contributed by atoms with E-state index in [9.17, 15) is 15.0 Å². The Morgan fingerprint density at radius 3 is 2.60 bits per heavy atom. The second kappa shape index (κ2) is 15.3. The fraction of sp³-hybridized carbons (Fsp3) is 0.581. The van der Waals surface area contributed by atoms with Crippen molar-refractivity contribution >= 4 is 6.03 Å². The number of likely N-dealkylation sites (tertiary alicyclic amines) is 1. The second-order valence-electron chi connectivity index (χ2n) is 11.0. The average Bonchev–Trinajstić information content (AvgIpc) is 2.96. The van der Waals surface area contributed by atoms with Gasteiger partial charge in [-0.3, -0.25) is 0 Å². The van der Waals surface area contributed by atoms with Crippen molar-refractivity contribution in [2.75, 3.05) is 40.4 Å². The number of aliphatic hydroxyl groups excluding tert-OH is 1. The van der Waals surface area contributed by atoms with Crippen molar-refractivity contribution in [3.63, 3.8) is 0 Å². The maximum atomic E-state index is 15.3. The molecule has 40 heavy (non-hydrogen) atoms. The minimum absolute atomic E-state index is 0.00124. The number of amides is 2. The van der Waals surface area contributed by atoms with Crippen LogP contribution in [0.15, 0.2) is 48.5 Å². The van der Waals surface area contributed by atoms with Crippen molar-refractivity contribution in [2.45, 2.75) is 63.7 Å². The first kappa shape index (κ1) is 31.8. The summed E-state index contributed by atoms with van der Waals surface area (Å²) >= 11 is 0. The molecule has 2 amide bonds. The van der Waals surface area contributed by atoms with Crippen molar-refractivity contribution in [3.8, 4) is 11.5 Å². The van der Waals surface area contributed by atoms with Crippen molar-refractivity contribution in [3.05, 3.63) is 59.9 Å². The maximum Gasteiger partial charge on any atom is 0.317 e. The number of benzene rings is 2. The lowest BCUT2D eigenvalue weighted by molar-refractivity contribution is -0.0580. The van der Waals surface area contributed by atoms with Gasteiger partial charge >= 0.3 is 6.03 Å². The molecular formula is C31H46FN3O5. The number of likely N-dealkylation sites (N-methyl/N-ethyl adjacent to an activating group) is 1. The van der Waals surface area contributed by atoms with Crippen LogP contribution in [-0.4, -0.2) is 73.7 Å². The first-order valence-electron chi connectivity index (χ1n) is 14.3. The summed E-state index contributed by atoms with van der Waals surface area (Å²) in [5, 5.41) is 29.1. The predicted molar refractivity (Wildman–Crippen MR) is 154 cm³/mol. The zero-order valence-corrected chi connectivity index (χ0v) is 24.2. The summed E-state index contributed by atoms with van der Waals surface area (Å²) < 4.78 is 26.5. The van der Waals surface area contributed by atoms with Crippen LogP contribution in [0.3, 0.4) is 0 Å². The number of carbonyl (C=O) groups is 1. The van der Waals surface area contributed by atoms with Crippen LogP contribution in [0.1, 0.15) is 51.5 Å². The van der Waals surface area contributed by atoms with Gasteiger partial charge in [-0.15, -0.1) is 0 Å². The summed E-state index contributed by atoms with van der Waals surface area (Å²) in [5.74, 6) is -0.467. The zero-order valence-electron chi connectivity index (χ0n) is 24.2. The molecule has 0 spiro atoms. The molecule has 0 bridgehead atoms. The number of carbonyl (C=O) groups excluding carboxylic acids is 1. The minimum Gasteiger partial charge on any atom is -0.454 e. The molecule has 1 heterocycles. The normalized spacial score (nSPS) is 18.7. The monoisotopic (exact) mass is 559 g/mol. The first-order valence-corrected chi connectivity index (χ1v) is 14.3. The number of nitrogens with zero attached hydrogens (tertiary/aromatic N) is 1. The SMILES string of the molecule is CNC[C@@H](NC(=O)N1CCCC([C@@](O)(CCCCOC)c2cccc(F)c2Oc2ccccc2)C1)[C@@H](O)C(C)C. The minimum atomic E-state index is -1.44. The van der Waals surface area contributed by atoms with Gasteiger partial charge in [-0.05, 0) is 63.3 Å². The Kier molecular flexibility index (Phi) is 12.2. The smallest absolute Gasteiger partial charge is 0.317 e. The fourth-order valence-electron chi connectivity index (χ4n) is 5.50. The molecule has 1 aliphatic heterocycles. The second-order valence-corrected chi connectivity index (χ2v) is 11.0. The molecule has 1 aliphatic rings. The van der Waals surface area contributed by atoms with E-state index in [1.165, 1.54) is 6.07 Å². The van der Waals surface area contributed by atoms with Gasteiger partial charge in [0.1, 0.15) is 5.75 Å². The number of aliphatic hydroxyl groups is 2. The summed E-state index contributed by atoms with van der Waals surface area (Å²) in [6.45, 7) is 5.62. The number of halogens is 1. The van der Waals surface area contributed by atoms with Crippen molar-refractivity contribution < 1.29 is 28.9 Å². The van der Waals surface area contributed by atoms with Crippen LogP contribution >= 0.6 is 0 Å². The number of para-hydroxylation sites is 2. The highest BCUT2D eigenvalue weighted by atomic mass is 19.1. The molecule has 222 valence electrons. The lowest BCUT2D eigenvalue weighted by Crippen LogP contribution is -2.57. The average molecular weight is 560 g/mol. The van der Waals surface area contributed by atoms with E-state index in [1.807, 2.05) is 32.0 Å². The molecule has 3 rings (SSSR count). The molecule has 4 atom stereocenters. The van der Waals surface area contributed by atoms with Crippen molar-refractivity contribution in [1.29, 1.82) is 0 Å². The lowest BCUT2D eigenvalue weighted by Gasteiger charge is -2.43. The maximum absolute atomic E-state index is 15.3. The Morgan fingerprint density at radius 2 is 1.93 bits per heavy atom. The van der Waals surface area contributed by atoms with Gasteiger partial charge in [0.15, 0.2) is 11.6 Å². The molecule has 1 unspecified atom stereocenters. The van der Waals surface area contributed by atoms with E-state index in [0.717, 1.165) is 6.42 Å². The molecule has 0 aliphatic carbocycles. The molecule has 9 heteroatoms. The van der Waals surface area contributed by atoms with Crippen molar-refractivity contribution in [1.82, 2.24) is 15.5 Å². The molecule has 4 N–H and O–H groups in total. The summed E-state index contributed by atoms with van der Waals surface area (Å²) in [6.07, 6.45) is 2.39. The molecule has 1 fully saturated rings. The van der Waals surface area contributed by atoms with Gasteiger partial charge < -0.3 is 35.2 Å². The predicted octanol–water partition coefficient (Wildman–Crippen LogP) is 4.65. The van der Waals surface area contributed by atoms with Gasteiger partial charge in [-0.1, -0.05) is 44.2 Å². The summed E-state index contributed by atoms with van der Waals surface area (Å²) in [6, 6.07) is 12.8. The third kappa shape index (κ3) is 8.16. The molecule has 0 saturated carbocycles. The van der Waals surface area contributed by atoms with Gasteiger partial charge in [0.2, 0.25) is 0 Å². The van der Waals surface area contributed by atoms with Gasteiger partial charge in [-0.2, -0.15) is 0 Å². The van der Waals surface area contributed by atoms with Crippen LogP contribution in [0.25, 0.3) is 0 Å². The molecule has 2 aromatic carbocycles. The highest BCUT2D eigenvalue weighted by Gasteiger charge is 2.44. The highest BCUT2D eigenvalue weighted by Crippen LogP contribution is 2.45. The largest absolute Gasteiger partial charge is 0.454 e. The third-order valence-corrected chi connectivity index (χ3v) is 7.77. The highest BCUT2D eigenvalue weighted by molar-refractivity contribution is 5.74. The van der Waals surface area contributed by atoms with E-state index >= 15 is 4.39 Å². The molecule has 8 nitrogen and oxygen atoms in total. The number of rotatable bonds is 14. The number of ether oxygens (including phenoxy) is 2. The van der Waals surface area contributed by atoms with Crippen LogP contribution < -0.4 is 15.4 Å². The number of hydrogen-bond acceptors (Lipinski definition) is 6. The Bertz CT molecular complexity index is 1060. The van der Waals surface area contributed by atoms with Crippen molar-refractivity contribution in [2.24, 2.45) is 11.8 Å².